The van der Waals surface area contributed by atoms with Gasteiger partial charge in [-0.15, -0.1) is 0 Å². The third-order valence-corrected chi connectivity index (χ3v) is 5.65. The number of carbonyl (C=O) groups is 1. The fourth-order valence-corrected chi connectivity index (χ4v) is 4.36. The quantitative estimate of drug-likeness (QED) is 0.792. The van der Waals surface area contributed by atoms with E-state index in [4.69, 9.17) is 0 Å². The van der Waals surface area contributed by atoms with Gasteiger partial charge in [-0.2, -0.15) is 11.8 Å². The number of hydrogen-bond acceptors (Lipinski definition) is 2. The summed E-state index contributed by atoms with van der Waals surface area (Å²) in [6.07, 6.45) is 0.775. The maximum Gasteiger partial charge on any atom is 0.259 e. The van der Waals surface area contributed by atoms with Gasteiger partial charge in [0.2, 0.25) is 0 Å². The first-order valence-electron chi connectivity index (χ1n) is 7.98. The summed E-state index contributed by atoms with van der Waals surface area (Å²) in [6, 6.07) is 11.7. The van der Waals surface area contributed by atoms with Crippen molar-refractivity contribution in [3.63, 3.8) is 0 Å². The molecule has 2 aromatic rings. The van der Waals surface area contributed by atoms with E-state index in [0.717, 1.165) is 24.3 Å². The molecule has 0 spiro atoms. The number of thioether (sulfide) groups is 1. The Labute approximate surface area is 144 Å². The smallest absolute Gasteiger partial charge is 0.259 e. The number of halogens is 2. The molecule has 1 saturated heterocycles. The largest absolute Gasteiger partial charge is 0.338 e. The Morgan fingerprint density at radius 1 is 1.08 bits per heavy atom. The second-order valence-corrected chi connectivity index (χ2v) is 7.20. The topological polar surface area (TPSA) is 20.3 Å². The number of carbonyl (C=O) groups excluding carboxylic acids is 1. The molecule has 0 aliphatic carbocycles. The molecule has 1 fully saturated rings. The minimum Gasteiger partial charge on any atom is -0.338 e. The maximum atomic E-state index is 13.9. The zero-order valence-corrected chi connectivity index (χ0v) is 14.3. The van der Waals surface area contributed by atoms with Crippen LogP contribution in [0.3, 0.4) is 0 Å². The molecule has 0 aromatic heterocycles. The lowest BCUT2D eigenvalue weighted by Gasteiger charge is -2.21. The van der Waals surface area contributed by atoms with Crippen molar-refractivity contribution in [3.8, 4) is 0 Å². The number of benzene rings is 2. The summed E-state index contributed by atoms with van der Waals surface area (Å²) in [6.45, 7) is 3.08. The SMILES string of the molecule is Cc1ccccc1C1CCN(C(=O)c2c(F)cccc2F)CCS1. The van der Waals surface area contributed by atoms with E-state index in [-0.39, 0.29) is 0 Å². The molecule has 2 aromatic carbocycles. The average Bonchev–Trinajstić information content (AvgIpc) is 2.81. The van der Waals surface area contributed by atoms with Crippen LogP contribution in [0, 0.1) is 18.6 Å². The van der Waals surface area contributed by atoms with E-state index in [1.165, 1.54) is 17.2 Å². The number of amides is 1. The van der Waals surface area contributed by atoms with Gasteiger partial charge in [-0.05, 0) is 36.6 Å². The summed E-state index contributed by atoms with van der Waals surface area (Å²) in [5.41, 5.74) is 2.06. The molecule has 1 atom stereocenters. The summed E-state index contributed by atoms with van der Waals surface area (Å²) in [7, 11) is 0. The van der Waals surface area contributed by atoms with Crippen molar-refractivity contribution in [2.75, 3.05) is 18.8 Å². The van der Waals surface area contributed by atoms with Crippen molar-refractivity contribution in [2.24, 2.45) is 0 Å². The molecule has 1 heterocycles. The zero-order valence-electron chi connectivity index (χ0n) is 13.5. The average molecular weight is 347 g/mol. The highest BCUT2D eigenvalue weighted by atomic mass is 32.2. The maximum absolute atomic E-state index is 13.9. The van der Waals surface area contributed by atoms with Crippen LogP contribution in [0.4, 0.5) is 8.78 Å². The van der Waals surface area contributed by atoms with E-state index >= 15 is 0 Å². The van der Waals surface area contributed by atoms with Gasteiger partial charge < -0.3 is 4.90 Å². The second kappa shape index (κ2) is 7.34. The molecule has 1 aliphatic heterocycles. The Morgan fingerprint density at radius 2 is 1.79 bits per heavy atom. The molecule has 0 saturated carbocycles. The van der Waals surface area contributed by atoms with Gasteiger partial charge >= 0.3 is 0 Å². The lowest BCUT2D eigenvalue weighted by Crippen LogP contribution is -2.34. The van der Waals surface area contributed by atoms with E-state index < -0.39 is 23.1 Å². The van der Waals surface area contributed by atoms with Crippen LogP contribution in [0.5, 0.6) is 0 Å². The molecular weight excluding hydrogens is 328 g/mol. The highest BCUT2D eigenvalue weighted by Crippen LogP contribution is 2.36. The van der Waals surface area contributed by atoms with Crippen molar-refractivity contribution < 1.29 is 13.6 Å². The Bertz CT molecular complexity index is 730. The molecule has 5 heteroatoms. The first kappa shape index (κ1) is 17.0. The molecule has 1 amide bonds. The van der Waals surface area contributed by atoms with E-state index in [1.54, 1.807) is 16.7 Å². The van der Waals surface area contributed by atoms with Crippen LogP contribution in [-0.4, -0.2) is 29.6 Å². The first-order valence-corrected chi connectivity index (χ1v) is 9.03. The molecule has 3 rings (SSSR count). The minimum atomic E-state index is -0.799. The lowest BCUT2D eigenvalue weighted by atomic mass is 10.0. The van der Waals surface area contributed by atoms with Crippen LogP contribution in [0.2, 0.25) is 0 Å². The second-order valence-electron chi connectivity index (χ2n) is 5.89. The summed E-state index contributed by atoms with van der Waals surface area (Å²) >= 11 is 1.79. The van der Waals surface area contributed by atoms with E-state index in [0.29, 0.717) is 18.3 Å². The molecule has 126 valence electrons. The number of hydrogen-bond donors (Lipinski definition) is 0. The van der Waals surface area contributed by atoms with Crippen molar-refractivity contribution in [3.05, 3.63) is 70.8 Å². The van der Waals surface area contributed by atoms with Crippen molar-refractivity contribution in [1.82, 2.24) is 4.90 Å². The summed E-state index contributed by atoms with van der Waals surface area (Å²) in [5, 5.41) is 0.300. The molecule has 0 bridgehead atoms. The van der Waals surface area contributed by atoms with Gasteiger partial charge in [-0.3, -0.25) is 4.79 Å². The van der Waals surface area contributed by atoms with Crippen molar-refractivity contribution in [1.29, 1.82) is 0 Å². The number of nitrogens with zero attached hydrogens (tertiary/aromatic N) is 1. The highest BCUT2D eigenvalue weighted by molar-refractivity contribution is 7.99. The third-order valence-electron chi connectivity index (χ3n) is 4.34. The van der Waals surface area contributed by atoms with Gasteiger partial charge in [-0.25, -0.2) is 8.78 Å². The fourth-order valence-electron chi connectivity index (χ4n) is 3.03. The normalized spacial score (nSPS) is 18.3. The van der Waals surface area contributed by atoms with Gasteiger partial charge in [0, 0.05) is 24.1 Å². The monoisotopic (exact) mass is 347 g/mol. The molecule has 24 heavy (non-hydrogen) atoms. The van der Waals surface area contributed by atoms with Crippen LogP contribution in [0.15, 0.2) is 42.5 Å². The van der Waals surface area contributed by atoms with Gasteiger partial charge in [0.25, 0.3) is 5.91 Å². The van der Waals surface area contributed by atoms with Gasteiger partial charge in [-0.1, -0.05) is 30.3 Å². The minimum absolute atomic E-state index is 0.300. The summed E-state index contributed by atoms with van der Waals surface area (Å²) in [5.74, 6) is -1.41. The van der Waals surface area contributed by atoms with Crippen LogP contribution in [0.25, 0.3) is 0 Å². The van der Waals surface area contributed by atoms with Crippen LogP contribution in [-0.2, 0) is 0 Å². The van der Waals surface area contributed by atoms with Gasteiger partial charge in [0.15, 0.2) is 0 Å². The van der Waals surface area contributed by atoms with Crippen LogP contribution < -0.4 is 0 Å². The van der Waals surface area contributed by atoms with Crippen LogP contribution in [0.1, 0.15) is 33.2 Å². The van der Waals surface area contributed by atoms with Crippen LogP contribution >= 0.6 is 11.8 Å². The Kier molecular flexibility index (Phi) is 5.19. The Hall–Kier alpha value is -1.88. The Morgan fingerprint density at radius 3 is 2.50 bits per heavy atom. The van der Waals surface area contributed by atoms with Gasteiger partial charge in [0.1, 0.15) is 17.2 Å². The fraction of sp³-hybridized carbons (Fsp3) is 0.316. The van der Waals surface area contributed by atoms with Crippen molar-refractivity contribution >= 4 is 17.7 Å². The van der Waals surface area contributed by atoms with E-state index in [1.807, 2.05) is 12.1 Å². The zero-order chi connectivity index (χ0) is 17.1. The molecule has 1 unspecified atom stereocenters. The van der Waals surface area contributed by atoms with E-state index in [2.05, 4.69) is 19.1 Å². The molecule has 1 aliphatic rings. The number of aryl methyl sites for hydroxylation is 1. The number of rotatable bonds is 2. The standard InChI is InChI=1S/C19H19F2NOS/c1-13-5-2-3-6-14(13)17-9-10-22(11-12-24-17)19(23)18-15(20)7-4-8-16(18)21/h2-8,17H,9-12H2,1H3. The highest BCUT2D eigenvalue weighted by Gasteiger charge is 2.26. The predicted molar refractivity (Wildman–Crippen MR) is 93.3 cm³/mol. The summed E-state index contributed by atoms with van der Waals surface area (Å²) < 4.78 is 27.7. The first-order chi connectivity index (χ1) is 11.6. The van der Waals surface area contributed by atoms with Gasteiger partial charge in [0.05, 0.1) is 0 Å². The van der Waals surface area contributed by atoms with E-state index in [9.17, 15) is 13.6 Å². The molecular formula is C19H19F2NOS. The molecule has 0 N–H and O–H groups in total. The predicted octanol–water partition coefficient (Wildman–Crippen LogP) is 4.59. The molecule has 0 radical (unpaired) electrons. The Balaban J connectivity index is 1.76. The summed E-state index contributed by atoms with van der Waals surface area (Å²) in [4.78, 5) is 14.1. The van der Waals surface area contributed by atoms with Crippen molar-refractivity contribution in [2.45, 2.75) is 18.6 Å². The lowest BCUT2D eigenvalue weighted by molar-refractivity contribution is 0.0757. The third kappa shape index (κ3) is 3.46. The molecule has 2 nitrogen and oxygen atoms in total.